The second-order valence-electron chi connectivity index (χ2n) is 6.97. The number of unbranched alkanes of at least 4 members (excludes halogenated alkanes) is 4. The van der Waals surface area contributed by atoms with Gasteiger partial charge >= 0.3 is 5.97 Å². The summed E-state index contributed by atoms with van der Waals surface area (Å²) in [5, 5.41) is 8.84. The summed E-state index contributed by atoms with van der Waals surface area (Å²) in [5.74, 6) is 0.145. The Morgan fingerprint density at radius 3 is 2.44 bits per heavy atom. The third-order valence-electron chi connectivity index (χ3n) is 4.78. The lowest BCUT2D eigenvalue weighted by molar-refractivity contribution is 0.0602. The Hall–Kier alpha value is -1.87. The van der Waals surface area contributed by atoms with Crippen molar-refractivity contribution >= 4 is 5.97 Å². The molecule has 2 rings (SSSR count). The molecule has 2 aliphatic carbocycles. The zero-order valence-electron chi connectivity index (χ0n) is 15.7. The molecule has 0 aromatic carbocycles. The van der Waals surface area contributed by atoms with E-state index in [1.807, 2.05) is 6.07 Å². The molecule has 0 aromatic heterocycles. The highest BCUT2D eigenvalue weighted by atomic mass is 16.5. The van der Waals surface area contributed by atoms with Crippen LogP contribution in [0.25, 0.3) is 11.1 Å². The van der Waals surface area contributed by atoms with E-state index in [0.29, 0.717) is 11.5 Å². The van der Waals surface area contributed by atoms with Gasteiger partial charge in [-0.25, -0.2) is 4.79 Å². The van der Waals surface area contributed by atoms with Crippen molar-refractivity contribution in [2.24, 2.45) is 0 Å². The Morgan fingerprint density at radius 2 is 1.76 bits per heavy atom. The molecule has 0 atom stereocenters. The lowest BCUT2D eigenvalue weighted by atomic mass is 10.0. The Kier molecular flexibility index (Phi) is 7.45. The summed E-state index contributed by atoms with van der Waals surface area (Å²) in [6, 6.07) is 10.5. The van der Waals surface area contributed by atoms with Crippen LogP contribution in [-0.2, 0) is 11.2 Å². The van der Waals surface area contributed by atoms with E-state index in [2.05, 4.69) is 38.1 Å². The summed E-state index contributed by atoms with van der Waals surface area (Å²) in [4.78, 5) is 12.2. The van der Waals surface area contributed by atoms with Gasteiger partial charge in [-0.2, -0.15) is 0 Å². The van der Waals surface area contributed by atoms with E-state index in [4.69, 9.17) is 9.84 Å². The van der Waals surface area contributed by atoms with Crippen LogP contribution >= 0.6 is 0 Å². The normalized spacial score (nSPS) is 11.2. The summed E-state index contributed by atoms with van der Waals surface area (Å²) in [6.45, 7) is 4.61. The van der Waals surface area contributed by atoms with E-state index in [-0.39, 0.29) is 12.6 Å². The molecule has 1 N–H and O–H groups in total. The molecule has 0 amide bonds. The molecule has 0 saturated heterocycles. The molecule has 3 heteroatoms. The van der Waals surface area contributed by atoms with Crippen molar-refractivity contribution in [1.29, 1.82) is 0 Å². The summed E-state index contributed by atoms with van der Waals surface area (Å²) >= 11 is 0. The smallest absolute Gasteiger partial charge is 0.338 e. The van der Waals surface area contributed by atoms with Gasteiger partial charge in [-0.1, -0.05) is 57.4 Å². The molecule has 3 nitrogen and oxygen atoms in total. The maximum Gasteiger partial charge on any atom is 0.338 e. The maximum atomic E-state index is 12.2. The summed E-state index contributed by atoms with van der Waals surface area (Å²) in [6.07, 6.45) is 6.33. The van der Waals surface area contributed by atoms with Crippen LogP contribution in [0.3, 0.4) is 0 Å². The number of methoxy groups -OCH3 is 1. The highest BCUT2D eigenvalue weighted by Crippen LogP contribution is 2.35. The van der Waals surface area contributed by atoms with Gasteiger partial charge in [-0.15, -0.1) is 0 Å². The van der Waals surface area contributed by atoms with Gasteiger partial charge in [0, 0.05) is 6.61 Å². The lowest BCUT2D eigenvalue weighted by Gasteiger charge is -2.05. The minimum atomic E-state index is -0.264. The number of aliphatic hydroxyl groups excluding tert-OH is 1. The van der Waals surface area contributed by atoms with Gasteiger partial charge in [0.1, 0.15) is 0 Å². The maximum absolute atomic E-state index is 12.2. The Balaban J connectivity index is 2.23. The highest BCUT2D eigenvalue weighted by molar-refractivity contribution is 6.00. The van der Waals surface area contributed by atoms with Crippen LogP contribution in [0.4, 0.5) is 0 Å². The number of aliphatic hydroxyl groups is 1. The quantitative estimate of drug-likeness (QED) is 0.504. The van der Waals surface area contributed by atoms with Gasteiger partial charge in [0.05, 0.1) is 12.7 Å². The van der Waals surface area contributed by atoms with Crippen LogP contribution in [0.15, 0.2) is 30.3 Å². The van der Waals surface area contributed by atoms with E-state index in [1.165, 1.54) is 18.2 Å². The Morgan fingerprint density at radius 1 is 1.04 bits per heavy atom. The van der Waals surface area contributed by atoms with Crippen molar-refractivity contribution in [2.45, 2.75) is 58.3 Å². The third-order valence-corrected chi connectivity index (χ3v) is 4.78. The number of rotatable bonds is 9. The first-order valence-electron chi connectivity index (χ1n) is 9.33. The van der Waals surface area contributed by atoms with E-state index in [0.717, 1.165) is 49.7 Å². The molecule has 0 unspecified atom stereocenters. The first-order valence-corrected chi connectivity index (χ1v) is 9.33. The van der Waals surface area contributed by atoms with Crippen LogP contribution in [0.1, 0.15) is 73.4 Å². The number of carbonyl (C=O) groups excluding carboxylic acids is 1. The number of fused-ring (bicyclic) bond motifs is 1. The van der Waals surface area contributed by atoms with Crippen LogP contribution in [-0.4, -0.2) is 24.8 Å². The van der Waals surface area contributed by atoms with Crippen LogP contribution in [0.2, 0.25) is 0 Å². The fourth-order valence-corrected chi connectivity index (χ4v) is 3.27. The first kappa shape index (κ1) is 19.5. The summed E-state index contributed by atoms with van der Waals surface area (Å²) < 4.78 is 5.00. The fraction of sp³-hybridized carbons (Fsp3) is 0.500. The zero-order valence-corrected chi connectivity index (χ0v) is 15.7. The van der Waals surface area contributed by atoms with Crippen LogP contribution in [0.5, 0.6) is 0 Å². The minimum absolute atomic E-state index is 0.264. The van der Waals surface area contributed by atoms with Gasteiger partial charge < -0.3 is 9.84 Å². The number of aryl methyl sites for hydroxylation is 1. The number of hydrogen-bond acceptors (Lipinski definition) is 3. The van der Waals surface area contributed by atoms with Crippen LogP contribution in [0, 0.1) is 0 Å². The molecule has 136 valence electrons. The summed E-state index contributed by atoms with van der Waals surface area (Å²) in [7, 11) is 1.44. The number of carbonyl (C=O) groups is 1. The predicted molar refractivity (Wildman–Crippen MR) is 102 cm³/mol. The molecular formula is C22H30O3. The van der Waals surface area contributed by atoms with E-state index in [9.17, 15) is 4.79 Å². The SMILES string of the molecule is COC(=O)c1cc(CCCCCCCO)c2cccc(C(C)C)cc1-2. The average molecular weight is 342 g/mol. The lowest BCUT2D eigenvalue weighted by Crippen LogP contribution is -2.00. The largest absolute Gasteiger partial charge is 0.465 e. The van der Waals surface area contributed by atoms with Crippen molar-refractivity contribution in [1.82, 2.24) is 0 Å². The van der Waals surface area contributed by atoms with Gasteiger partial charge in [-0.3, -0.25) is 0 Å². The van der Waals surface area contributed by atoms with Crippen molar-refractivity contribution < 1.29 is 14.6 Å². The molecule has 2 aliphatic rings. The zero-order chi connectivity index (χ0) is 18.2. The van der Waals surface area contributed by atoms with Gasteiger partial charge in [-0.05, 0) is 53.5 Å². The van der Waals surface area contributed by atoms with E-state index < -0.39 is 0 Å². The topological polar surface area (TPSA) is 46.5 Å². The van der Waals surface area contributed by atoms with Crippen molar-refractivity contribution in [2.75, 3.05) is 13.7 Å². The molecule has 0 fully saturated rings. The number of esters is 1. The van der Waals surface area contributed by atoms with Crippen molar-refractivity contribution in [3.05, 3.63) is 47.0 Å². The molecule has 0 aromatic rings. The molecule has 0 spiro atoms. The average Bonchev–Trinajstić information content (AvgIpc) is 2.79. The molecule has 0 radical (unpaired) electrons. The minimum Gasteiger partial charge on any atom is -0.465 e. The molecule has 0 aliphatic heterocycles. The standard InChI is InChI=1S/C22H30O3/c1-16(2)17-11-9-12-19-18(10-7-5-4-6-8-13-23)15-21(20(19)14-17)22(24)25-3/h9,11-12,14-16,23H,4-8,10,13H2,1-3H3. The molecular weight excluding hydrogens is 312 g/mol. The fourth-order valence-electron chi connectivity index (χ4n) is 3.27. The molecule has 0 saturated carbocycles. The Bertz CT molecular complexity index is 661. The van der Waals surface area contributed by atoms with Crippen LogP contribution < -0.4 is 0 Å². The number of hydrogen-bond donors (Lipinski definition) is 1. The van der Waals surface area contributed by atoms with E-state index >= 15 is 0 Å². The van der Waals surface area contributed by atoms with Gasteiger partial charge in [0.15, 0.2) is 0 Å². The monoisotopic (exact) mass is 342 g/mol. The highest BCUT2D eigenvalue weighted by Gasteiger charge is 2.21. The second-order valence-corrected chi connectivity index (χ2v) is 6.97. The predicted octanol–water partition coefficient (Wildman–Crippen LogP) is 5.19. The van der Waals surface area contributed by atoms with Gasteiger partial charge in [0.25, 0.3) is 0 Å². The Labute approximate surface area is 151 Å². The summed E-state index contributed by atoms with van der Waals surface area (Å²) in [5.41, 5.74) is 5.27. The van der Waals surface area contributed by atoms with Crippen molar-refractivity contribution in [3.63, 3.8) is 0 Å². The second kappa shape index (κ2) is 9.57. The van der Waals surface area contributed by atoms with E-state index in [1.54, 1.807) is 0 Å². The van der Waals surface area contributed by atoms with Gasteiger partial charge in [0.2, 0.25) is 0 Å². The molecule has 0 bridgehead atoms. The molecule has 25 heavy (non-hydrogen) atoms. The third kappa shape index (κ3) is 5.05. The first-order chi connectivity index (χ1) is 12.1. The molecule has 0 heterocycles. The number of ether oxygens (including phenoxy) is 1. The van der Waals surface area contributed by atoms with Crippen molar-refractivity contribution in [3.8, 4) is 11.1 Å².